The number of carbonyl (C=O) groups excluding carboxylic acids is 3. The van der Waals surface area contributed by atoms with Crippen molar-refractivity contribution in [3.05, 3.63) is 30.0 Å². The van der Waals surface area contributed by atoms with E-state index in [4.69, 9.17) is 5.73 Å². The molecule has 1 fully saturated rings. The first kappa shape index (κ1) is 24.5. The summed E-state index contributed by atoms with van der Waals surface area (Å²) in [4.78, 5) is 36.9. The largest absolute Gasteiger partial charge is 0.353 e. The number of nitrogens with two attached hydrogens (primary N) is 1. The number of nitrogens with zero attached hydrogens (tertiary/aromatic N) is 2. The predicted octanol–water partition coefficient (Wildman–Crippen LogP) is 2.55. The molecule has 5 N–H and O–H groups in total. The number of rotatable bonds is 8. The van der Waals surface area contributed by atoms with Gasteiger partial charge in [-0.3, -0.25) is 14.3 Å². The molecule has 9 nitrogen and oxygen atoms in total. The maximum Gasteiger partial charge on any atom is 0.312 e. The Kier molecular flexibility index (Phi) is 7.94. The van der Waals surface area contributed by atoms with Crippen LogP contribution in [0, 0.1) is 11.3 Å². The van der Waals surface area contributed by atoms with Gasteiger partial charge in [-0.05, 0) is 30.2 Å². The van der Waals surface area contributed by atoms with E-state index in [-0.39, 0.29) is 24.9 Å². The molecule has 1 aromatic carbocycles. The fourth-order valence-electron chi connectivity index (χ4n) is 4.40. The third-order valence-electron chi connectivity index (χ3n) is 6.16. The highest BCUT2D eigenvalue weighted by Gasteiger charge is 2.34. The lowest BCUT2D eigenvalue weighted by atomic mass is 9.86. The van der Waals surface area contributed by atoms with E-state index in [0.29, 0.717) is 11.6 Å². The quantitative estimate of drug-likeness (QED) is 0.455. The van der Waals surface area contributed by atoms with Gasteiger partial charge >= 0.3 is 6.03 Å². The lowest BCUT2D eigenvalue weighted by Gasteiger charge is -2.30. The summed E-state index contributed by atoms with van der Waals surface area (Å²) in [7, 11) is 0. The first-order chi connectivity index (χ1) is 15.7. The van der Waals surface area contributed by atoms with Crippen LogP contribution in [0.5, 0.6) is 0 Å². The molecule has 2 aromatic rings. The Morgan fingerprint density at radius 1 is 1.09 bits per heavy atom. The van der Waals surface area contributed by atoms with Crippen molar-refractivity contribution in [1.29, 1.82) is 0 Å². The van der Waals surface area contributed by atoms with Crippen LogP contribution >= 0.6 is 0 Å². The van der Waals surface area contributed by atoms with E-state index in [0.717, 1.165) is 17.4 Å². The molecule has 1 atom stereocenters. The number of nitrogens with one attached hydrogen (secondary N) is 3. The van der Waals surface area contributed by atoms with Crippen molar-refractivity contribution in [2.24, 2.45) is 17.1 Å². The summed E-state index contributed by atoms with van der Waals surface area (Å²) < 4.78 is 1.95. The maximum absolute atomic E-state index is 13.3. The monoisotopic (exact) mass is 456 g/mol. The Hall–Kier alpha value is -3.10. The van der Waals surface area contributed by atoms with E-state index in [1.807, 2.05) is 49.7 Å². The van der Waals surface area contributed by atoms with Gasteiger partial charge in [-0.25, -0.2) is 4.79 Å². The van der Waals surface area contributed by atoms with Crippen molar-refractivity contribution >= 4 is 28.7 Å². The molecule has 33 heavy (non-hydrogen) atoms. The molecule has 9 heteroatoms. The molecule has 1 aromatic heterocycles. The average Bonchev–Trinajstić information content (AvgIpc) is 3.13. The first-order valence-electron chi connectivity index (χ1n) is 11.7. The smallest absolute Gasteiger partial charge is 0.312 e. The molecule has 0 bridgehead atoms. The normalized spacial score (nSPS) is 15.7. The summed E-state index contributed by atoms with van der Waals surface area (Å²) in [6.07, 6.45) is 6.15. The Morgan fingerprint density at radius 3 is 2.42 bits per heavy atom. The first-order valence-corrected chi connectivity index (χ1v) is 11.7. The second kappa shape index (κ2) is 10.7. The van der Waals surface area contributed by atoms with E-state index >= 15 is 0 Å². The van der Waals surface area contributed by atoms with E-state index in [9.17, 15) is 14.4 Å². The van der Waals surface area contributed by atoms with Crippen LogP contribution in [-0.4, -0.2) is 46.8 Å². The third kappa shape index (κ3) is 6.46. The number of hydrogen-bond donors (Lipinski definition) is 4. The van der Waals surface area contributed by atoms with E-state index in [2.05, 4.69) is 21.0 Å². The summed E-state index contributed by atoms with van der Waals surface area (Å²) >= 11 is 0. The molecule has 0 aliphatic heterocycles. The number of urea groups is 1. The van der Waals surface area contributed by atoms with Gasteiger partial charge in [0.1, 0.15) is 6.04 Å². The minimum atomic E-state index is -0.777. The molecule has 4 amide bonds. The van der Waals surface area contributed by atoms with Crippen LogP contribution in [0.1, 0.15) is 63.4 Å². The van der Waals surface area contributed by atoms with Crippen LogP contribution in [0.2, 0.25) is 0 Å². The van der Waals surface area contributed by atoms with Crippen molar-refractivity contribution < 1.29 is 14.4 Å². The highest BCUT2D eigenvalue weighted by Crippen LogP contribution is 2.27. The molecular formula is C24H36N6O3. The van der Waals surface area contributed by atoms with Gasteiger partial charge in [-0.2, -0.15) is 5.10 Å². The summed E-state index contributed by atoms with van der Waals surface area (Å²) in [5.74, 6) is -0.132. The molecule has 1 saturated carbocycles. The standard InChI is InChI=1S/C24H36N6O3/c1-24(2,3)20(22(32)26-13-14-27-23(25)33)28-21(31)19-17-11-7-8-12-18(17)30(29-19)15-16-9-5-4-6-10-16/h7-8,11-12,16,20H,4-6,9-10,13-15H2,1-3H3,(H,26,32)(H,28,31)(H3,25,27,33)/t20-/m1/s1. The lowest BCUT2D eigenvalue weighted by Crippen LogP contribution is -2.54. The number of fused-ring (bicyclic) bond motifs is 1. The summed E-state index contributed by atoms with van der Waals surface area (Å²) in [6, 6.07) is 6.30. The van der Waals surface area contributed by atoms with Gasteiger partial charge in [-0.1, -0.05) is 58.2 Å². The number of amides is 4. The Morgan fingerprint density at radius 2 is 1.76 bits per heavy atom. The Labute approximate surface area is 194 Å². The molecule has 3 rings (SSSR count). The molecule has 0 radical (unpaired) electrons. The number of carbonyl (C=O) groups is 3. The maximum atomic E-state index is 13.3. The van der Waals surface area contributed by atoms with Crippen LogP contribution in [0.4, 0.5) is 4.79 Å². The molecule has 0 spiro atoms. The van der Waals surface area contributed by atoms with Crippen LogP contribution in [0.25, 0.3) is 10.9 Å². The van der Waals surface area contributed by atoms with Crippen LogP contribution < -0.4 is 21.7 Å². The number of hydrogen-bond acceptors (Lipinski definition) is 4. The minimum absolute atomic E-state index is 0.210. The fraction of sp³-hybridized carbons (Fsp3) is 0.583. The van der Waals surface area contributed by atoms with Gasteiger partial charge in [0.2, 0.25) is 5.91 Å². The number of benzene rings is 1. The summed E-state index contributed by atoms with van der Waals surface area (Å²) in [5, 5.41) is 13.5. The van der Waals surface area contributed by atoms with Crippen molar-refractivity contribution in [2.45, 2.75) is 65.5 Å². The zero-order chi connectivity index (χ0) is 24.0. The van der Waals surface area contributed by atoms with Crippen molar-refractivity contribution in [1.82, 2.24) is 25.7 Å². The molecule has 1 aliphatic carbocycles. The molecule has 1 heterocycles. The molecule has 180 valence electrons. The van der Waals surface area contributed by atoms with Crippen LogP contribution in [0.15, 0.2) is 24.3 Å². The predicted molar refractivity (Wildman–Crippen MR) is 128 cm³/mol. The van der Waals surface area contributed by atoms with Gasteiger partial charge in [0.15, 0.2) is 5.69 Å². The van der Waals surface area contributed by atoms with Gasteiger partial charge < -0.3 is 21.7 Å². The van der Waals surface area contributed by atoms with E-state index in [1.54, 1.807) is 0 Å². The van der Waals surface area contributed by atoms with Gasteiger partial charge in [0, 0.05) is 25.0 Å². The Balaban J connectivity index is 1.77. The average molecular weight is 457 g/mol. The third-order valence-corrected chi connectivity index (χ3v) is 6.16. The highest BCUT2D eigenvalue weighted by atomic mass is 16.2. The number of para-hydroxylation sites is 1. The second-order valence-electron chi connectivity index (χ2n) is 9.91. The van der Waals surface area contributed by atoms with Gasteiger partial charge in [0.05, 0.1) is 5.52 Å². The molecular weight excluding hydrogens is 420 g/mol. The van der Waals surface area contributed by atoms with E-state index in [1.165, 1.54) is 32.1 Å². The molecule has 0 saturated heterocycles. The number of aromatic nitrogens is 2. The van der Waals surface area contributed by atoms with Crippen LogP contribution in [-0.2, 0) is 11.3 Å². The highest BCUT2D eigenvalue weighted by molar-refractivity contribution is 6.06. The van der Waals surface area contributed by atoms with Crippen molar-refractivity contribution in [2.75, 3.05) is 13.1 Å². The SMILES string of the molecule is CC(C)(C)[C@H](NC(=O)c1nn(CC2CCCCC2)c2ccccc12)C(=O)NCCNC(N)=O. The zero-order valence-corrected chi connectivity index (χ0v) is 19.8. The van der Waals surface area contributed by atoms with Crippen molar-refractivity contribution in [3.8, 4) is 0 Å². The zero-order valence-electron chi connectivity index (χ0n) is 19.8. The van der Waals surface area contributed by atoms with Gasteiger partial charge in [-0.15, -0.1) is 0 Å². The molecule has 1 aliphatic rings. The van der Waals surface area contributed by atoms with Crippen LogP contribution in [0.3, 0.4) is 0 Å². The molecule has 0 unspecified atom stereocenters. The van der Waals surface area contributed by atoms with Crippen molar-refractivity contribution in [3.63, 3.8) is 0 Å². The minimum Gasteiger partial charge on any atom is -0.353 e. The van der Waals surface area contributed by atoms with E-state index < -0.39 is 17.5 Å². The summed E-state index contributed by atoms with van der Waals surface area (Å²) in [5.41, 5.74) is 5.78. The topological polar surface area (TPSA) is 131 Å². The van der Waals surface area contributed by atoms with Gasteiger partial charge in [0.25, 0.3) is 5.91 Å². The summed E-state index contributed by atoms with van der Waals surface area (Å²) in [6.45, 7) is 6.88. The second-order valence-corrected chi connectivity index (χ2v) is 9.91. The lowest BCUT2D eigenvalue weighted by molar-refractivity contribution is -0.125. The fourth-order valence-corrected chi connectivity index (χ4v) is 4.40. The Bertz CT molecular complexity index is 988. The number of primary amides is 1.